The highest BCUT2D eigenvalue weighted by Gasteiger charge is 2.31. The fourth-order valence-corrected chi connectivity index (χ4v) is 4.08. The first-order valence-corrected chi connectivity index (χ1v) is 9.32. The Hall–Kier alpha value is -2.77. The van der Waals surface area contributed by atoms with Crippen molar-refractivity contribution < 1.29 is 14.7 Å². The number of hydrogen-bond donors (Lipinski definition) is 2. The Balaban J connectivity index is 1.65. The van der Waals surface area contributed by atoms with Gasteiger partial charge in [-0.15, -0.1) is 0 Å². The molecule has 1 atom stereocenters. The number of nitrogens with one attached hydrogen (secondary N) is 1. The maximum Gasteiger partial charge on any atom is 0.335 e. The van der Waals surface area contributed by atoms with E-state index in [2.05, 4.69) is 4.98 Å². The number of carbonyl (C=O) groups excluding carboxylic acids is 1. The standard InChI is InChI=1S/C19H15Cl2N3O4/c20-11-2-3-13(14(21)8-11)17(25)23-6-5-12(9-23)24-16-7-10(18(26)27)1-4-15(16)22-19(24)28/h1-4,7-8,12H,5-6,9H2,(H,22,28)(H,26,27)/t12-/m1/s1. The number of hydrogen-bond acceptors (Lipinski definition) is 3. The molecule has 0 radical (unpaired) electrons. The molecule has 1 amide bonds. The number of fused-ring (bicyclic) bond motifs is 1. The first-order valence-electron chi connectivity index (χ1n) is 8.57. The number of carbonyl (C=O) groups is 2. The SMILES string of the molecule is O=C(O)c1ccc2[nH]c(=O)n([C@@H]3CCN(C(=O)c4ccc(Cl)cc4Cl)C3)c2c1. The lowest BCUT2D eigenvalue weighted by Crippen LogP contribution is -2.31. The molecule has 0 saturated carbocycles. The van der Waals surface area contributed by atoms with E-state index in [1.165, 1.54) is 22.8 Å². The minimum absolute atomic E-state index is 0.0964. The second kappa shape index (κ2) is 7.00. The first-order chi connectivity index (χ1) is 13.3. The van der Waals surface area contributed by atoms with Crippen LogP contribution in [0.3, 0.4) is 0 Å². The first kappa shape index (κ1) is 18.6. The monoisotopic (exact) mass is 419 g/mol. The van der Waals surface area contributed by atoms with Gasteiger partial charge >= 0.3 is 11.7 Å². The molecule has 0 aliphatic carbocycles. The molecule has 2 aromatic carbocycles. The van der Waals surface area contributed by atoms with E-state index < -0.39 is 5.97 Å². The van der Waals surface area contributed by atoms with Crippen LogP contribution in [0.5, 0.6) is 0 Å². The molecule has 1 aromatic heterocycles. The third-order valence-corrected chi connectivity index (χ3v) is 5.49. The van der Waals surface area contributed by atoms with Crippen LogP contribution in [0.25, 0.3) is 11.0 Å². The zero-order chi connectivity index (χ0) is 20.0. The van der Waals surface area contributed by atoms with E-state index in [9.17, 15) is 19.5 Å². The molecule has 3 aromatic rings. The van der Waals surface area contributed by atoms with Crippen molar-refractivity contribution in [3.8, 4) is 0 Å². The number of aromatic amines is 1. The summed E-state index contributed by atoms with van der Waals surface area (Å²) in [6.45, 7) is 0.780. The summed E-state index contributed by atoms with van der Waals surface area (Å²) in [5.41, 5.74) is 1.18. The normalized spacial score (nSPS) is 16.6. The Labute approximate surface area is 169 Å². The zero-order valence-corrected chi connectivity index (χ0v) is 16.0. The van der Waals surface area contributed by atoms with Gasteiger partial charge in [0.25, 0.3) is 5.91 Å². The van der Waals surface area contributed by atoms with E-state index in [0.717, 1.165) is 0 Å². The van der Waals surface area contributed by atoms with Crippen LogP contribution in [0.2, 0.25) is 10.0 Å². The Morgan fingerprint density at radius 3 is 2.64 bits per heavy atom. The number of halogens is 2. The lowest BCUT2D eigenvalue weighted by atomic mass is 10.2. The molecular formula is C19H15Cl2N3O4. The van der Waals surface area contributed by atoms with Crippen molar-refractivity contribution in [2.24, 2.45) is 0 Å². The summed E-state index contributed by atoms with van der Waals surface area (Å²) >= 11 is 12.0. The van der Waals surface area contributed by atoms with Gasteiger partial charge in [-0.05, 0) is 42.8 Å². The highest BCUT2D eigenvalue weighted by atomic mass is 35.5. The van der Waals surface area contributed by atoms with Gasteiger partial charge in [-0.2, -0.15) is 0 Å². The second-order valence-electron chi connectivity index (χ2n) is 6.66. The molecule has 1 aliphatic heterocycles. The number of carboxylic acids is 1. The Morgan fingerprint density at radius 2 is 1.93 bits per heavy atom. The summed E-state index contributed by atoms with van der Waals surface area (Å²) in [5.74, 6) is -1.30. The van der Waals surface area contributed by atoms with E-state index in [1.54, 1.807) is 23.1 Å². The summed E-state index contributed by atoms with van der Waals surface area (Å²) in [7, 11) is 0. The van der Waals surface area contributed by atoms with Gasteiger partial charge in [0.05, 0.1) is 33.2 Å². The van der Waals surface area contributed by atoms with Crippen molar-refractivity contribution >= 4 is 46.1 Å². The van der Waals surface area contributed by atoms with Crippen LogP contribution in [0, 0.1) is 0 Å². The van der Waals surface area contributed by atoms with Gasteiger partial charge in [0.2, 0.25) is 0 Å². The molecule has 1 fully saturated rings. The zero-order valence-electron chi connectivity index (χ0n) is 14.5. The molecule has 1 aliphatic rings. The highest BCUT2D eigenvalue weighted by molar-refractivity contribution is 6.36. The molecule has 4 rings (SSSR count). The molecule has 1 saturated heterocycles. The summed E-state index contributed by atoms with van der Waals surface area (Å²) in [5, 5.41) is 9.94. The maximum absolute atomic E-state index is 12.8. The van der Waals surface area contributed by atoms with E-state index in [0.29, 0.717) is 41.1 Å². The fourth-order valence-electron chi connectivity index (χ4n) is 3.59. The average molecular weight is 420 g/mol. The fraction of sp³-hybridized carbons (Fsp3) is 0.211. The summed E-state index contributed by atoms with van der Waals surface area (Å²) in [4.78, 5) is 40.9. The number of likely N-dealkylation sites (tertiary alicyclic amines) is 1. The lowest BCUT2D eigenvalue weighted by Gasteiger charge is -2.18. The van der Waals surface area contributed by atoms with Gasteiger partial charge in [0, 0.05) is 18.1 Å². The van der Waals surface area contributed by atoms with Gasteiger partial charge in [-0.25, -0.2) is 9.59 Å². The largest absolute Gasteiger partial charge is 0.478 e. The third-order valence-electron chi connectivity index (χ3n) is 4.94. The average Bonchev–Trinajstić information content (AvgIpc) is 3.23. The van der Waals surface area contributed by atoms with Gasteiger partial charge in [0.15, 0.2) is 0 Å². The molecule has 28 heavy (non-hydrogen) atoms. The third kappa shape index (κ3) is 3.16. The Morgan fingerprint density at radius 1 is 1.14 bits per heavy atom. The number of amides is 1. The second-order valence-corrected chi connectivity index (χ2v) is 7.50. The van der Waals surface area contributed by atoms with Crippen LogP contribution in [0.15, 0.2) is 41.2 Å². The maximum atomic E-state index is 12.8. The molecule has 0 spiro atoms. The topological polar surface area (TPSA) is 95.4 Å². The van der Waals surface area contributed by atoms with Gasteiger partial charge < -0.3 is 15.0 Å². The molecule has 2 N–H and O–H groups in total. The number of rotatable bonds is 3. The number of H-pyrrole nitrogens is 1. The van der Waals surface area contributed by atoms with Crippen LogP contribution in [0.1, 0.15) is 33.2 Å². The minimum Gasteiger partial charge on any atom is -0.478 e. The van der Waals surface area contributed by atoms with Crippen LogP contribution in [-0.2, 0) is 0 Å². The van der Waals surface area contributed by atoms with E-state index >= 15 is 0 Å². The number of aromatic nitrogens is 2. The quantitative estimate of drug-likeness (QED) is 0.679. The van der Waals surface area contributed by atoms with Crippen molar-refractivity contribution in [1.82, 2.24) is 14.5 Å². The van der Waals surface area contributed by atoms with Crippen molar-refractivity contribution in [3.63, 3.8) is 0 Å². The van der Waals surface area contributed by atoms with E-state index in [1.807, 2.05) is 0 Å². The lowest BCUT2D eigenvalue weighted by molar-refractivity contribution is 0.0696. The van der Waals surface area contributed by atoms with Gasteiger partial charge in [-0.3, -0.25) is 9.36 Å². The van der Waals surface area contributed by atoms with Crippen LogP contribution in [0.4, 0.5) is 0 Å². The molecule has 0 bridgehead atoms. The van der Waals surface area contributed by atoms with Crippen molar-refractivity contribution in [1.29, 1.82) is 0 Å². The number of aromatic carboxylic acids is 1. The molecule has 144 valence electrons. The predicted octanol–water partition coefficient (Wildman–Crippen LogP) is 3.42. The van der Waals surface area contributed by atoms with Crippen molar-refractivity contribution in [2.75, 3.05) is 13.1 Å². The van der Waals surface area contributed by atoms with Crippen LogP contribution >= 0.6 is 23.2 Å². The highest BCUT2D eigenvalue weighted by Crippen LogP contribution is 2.28. The number of benzene rings is 2. The smallest absolute Gasteiger partial charge is 0.335 e. The molecular weight excluding hydrogens is 405 g/mol. The molecule has 0 unspecified atom stereocenters. The Kier molecular flexibility index (Phi) is 4.64. The van der Waals surface area contributed by atoms with Crippen molar-refractivity contribution in [2.45, 2.75) is 12.5 Å². The Bertz CT molecular complexity index is 1170. The number of imidazole rings is 1. The molecule has 9 heteroatoms. The minimum atomic E-state index is -1.07. The van der Waals surface area contributed by atoms with Crippen LogP contribution in [-0.4, -0.2) is 44.5 Å². The van der Waals surface area contributed by atoms with E-state index in [4.69, 9.17) is 23.2 Å². The summed E-state index contributed by atoms with van der Waals surface area (Å²) in [6, 6.07) is 8.92. The molecule has 2 heterocycles. The van der Waals surface area contributed by atoms with Crippen molar-refractivity contribution in [3.05, 3.63) is 68.1 Å². The number of nitrogens with zero attached hydrogens (tertiary/aromatic N) is 2. The van der Waals surface area contributed by atoms with Gasteiger partial charge in [0.1, 0.15) is 0 Å². The van der Waals surface area contributed by atoms with E-state index in [-0.39, 0.29) is 28.2 Å². The summed E-state index contributed by atoms with van der Waals surface area (Å²) < 4.78 is 1.53. The van der Waals surface area contributed by atoms with Crippen LogP contribution < -0.4 is 5.69 Å². The predicted molar refractivity (Wildman–Crippen MR) is 106 cm³/mol. The van der Waals surface area contributed by atoms with Gasteiger partial charge in [-0.1, -0.05) is 23.2 Å². The molecule has 7 nitrogen and oxygen atoms in total. The summed E-state index contributed by atoms with van der Waals surface area (Å²) in [6.07, 6.45) is 0.571. The number of carboxylic acid groups (broad SMARTS) is 1.